The van der Waals surface area contributed by atoms with Crippen LogP contribution in [0.25, 0.3) is 11.3 Å². The van der Waals surface area contributed by atoms with Crippen LogP contribution < -0.4 is 4.80 Å². The summed E-state index contributed by atoms with van der Waals surface area (Å²) in [4.78, 5) is 0.942. The zero-order valence-corrected chi connectivity index (χ0v) is 11.7. The topological polar surface area (TPSA) is 29.6 Å². The number of aromatic nitrogens is 1. The summed E-state index contributed by atoms with van der Waals surface area (Å²) in [6.45, 7) is 6.92. The maximum absolute atomic E-state index is 4.29. The standard InChI is InChI=1S/C14H17N3S/c1-4-17-13(12-8-6-5-7-9-12)10-18-14(17)16-15-11(2)3/h5-10H,4H2,1-3H3/b16-14-. The second kappa shape index (κ2) is 5.78. The van der Waals surface area contributed by atoms with Crippen molar-refractivity contribution in [1.29, 1.82) is 0 Å². The highest BCUT2D eigenvalue weighted by Gasteiger charge is 2.05. The van der Waals surface area contributed by atoms with Crippen LogP contribution in [-0.4, -0.2) is 10.3 Å². The number of benzene rings is 1. The van der Waals surface area contributed by atoms with Crippen molar-refractivity contribution in [2.45, 2.75) is 27.3 Å². The number of rotatable bonds is 3. The molecule has 0 amide bonds. The van der Waals surface area contributed by atoms with Crippen molar-refractivity contribution in [2.24, 2.45) is 10.2 Å². The first-order valence-electron chi connectivity index (χ1n) is 6.01. The van der Waals surface area contributed by atoms with Crippen molar-refractivity contribution in [3.8, 4) is 11.3 Å². The SMILES string of the molecule is CCn1c(-c2ccccc2)cs/c1=N\N=C(C)C. The molecule has 2 aromatic rings. The first-order chi connectivity index (χ1) is 8.72. The first-order valence-corrected chi connectivity index (χ1v) is 6.89. The molecule has 1 aromatic heterocycles. The summed E-state index contributed by atoms with van der Waals surface area (Å²) in [6.07, 6.45) is 0. The van der Waals surface area contributed by atoms with Crippen LogP contribution in [0, 0.1) is 0 Å². The fraction of sp³-hybridized carbons (Fsp3) is 0.286. The maximum atomic E-state index is 4.29. The van der Waals surface area contributed by atoms with Gasteiger partial charge in [0.25, 0.3) is 0 Å². The van der Waals surface area contributed by atoms with Crippen LogP contribution in [0.2, 0.25) is 0 Å². The van der Waals surface area contributed by atoms with Gasteiger partial charge in [0, 0.05) is 17.6 Å². The largest absolute Gasteiger partial charge is 0.315 e. The number of hydrogen-bond acceptors (Lipinski definition) is 3. The lowest BCUT2D eigenvalue weighted by Gasteiger charge is -2.05. The summed E-state index contributed by atoms with van der Waals surface area (Å²) in [7, 11) is 0. The molecule has 1 aromatic carbocycles. The average Bonchev–Trinajstić information content (AvgIpc) is 2.80. The minimum Gasteiger partial charge on any atom is -0.315 e. The Kier molecular flexibility index (Phi) is 4.10. The van der Waals surface area contributed by atoms with Crippen molar-refractivity contribution < 1.29 is 0 Å². The van der Waals surface area contributed by atoms with E-state index in [4.69, 9.17) is 0 Å². The minimum atomic E-state index is 0.894. The quantitative estimate of drug-likeness (QED) is 0.596. The van der Waals surface area contributed by atoms with Gasteiger partial charge in [-0.25, -0.2) is 0 Å². The molecule has 0 atom stereocenters. The summed E-state index contributed by atoms with van der Waals surface area (Å²) in [6, 6.07) is 10.4. The molecule has 0 N–H and O–H groups in total. The zero-order chi connectivity index (χ0) is 13.0. The Morgan fingerprint density at radius 2 is 1.94 bits per heavy atom. The summed E-state index contributed by atoms with van der Waals surface area (Å²) in [5, 5.41) is 10.6. The Morgan fingerprint density at radius 3 is 2.56 bits per heavy atom. The van der Waals surface area contributed by atoms with E-state index in [1.807, 2.05) is 19.9 Å². The highest BCUT2D eigenvalue weighted by atomic mass is 32.1. The highest BCUT2D eigenvalue weighted by molar-refractivity contribution is 7.07. The third-order valence-corrected chi connectivity index (χ3v) is 3.37. The molecule has 0 bridgehead atoms. The molecule has 0 spiro atoms. The van der Waals surface area contributed by atoms with E-state index in [-0.39, 0.29) is 0 Å². The Labute approximate surface area is 111 Å². The van der Waals surface area contributed by atoms with Crippen molar-refractivity contribution in [2.75, 3.05) is 0 Å². The van der Waals surface area contributed by atoms with Gasteiger partial charge in [0.05, 0.1) is 5.69 Å². The van der Waals surface area contributed by atoms with E-state index in [0.29, 0.717) is 0 Å². The second-order valence-electron chi connectivity index (χ2n) is 4.16. The third-order valence-electron chi connectivity index (χ3n) is 2.52. The average molecular weight is 259 g/mol. The molecule has 0 saturated carbocycles. The lowest BCUT2D eigenvalue weighted by molar-refractivity contribution is 0.736. The highest BCUT2D eigenvalue weighted by Crippen LogP contribution is 2.19. The number of hydrogen-bond donors (Lipinski definition) is 0. The number of thiazole rings is 1. The van der Waals surface area contributed by atoms with Gasteiger partial charge in [0.2, 0.25) is 4.80 Å². The number of nitrogens with zero attached hydrogens (tertiary/aromatic N) is 3. The first kappa shape index (κ1) is 12.8. The molecule has 0 saturated heterocycles. The molecule has 0 unspecified atom stereocenters. The van der Waals surface area contributed by atoms with Gasteiger partial charge in [-0.1, -0.05) is 30.3 Å². The lowest BCUT2D eigenvalue weighted by Crippen LogP contribution is -2.14. The van der Waals surface area contributed by atoms with E-state index < -0.39 is 0 Å². The van der Waals surface area contributed by atoms with Crippen LogP contribution in [0.1, 0.15) is 20.8 Å². The molecule has 0 aliphatic carbocycles. The van der Waals surface area contributed by atoms with Gasteiger partial charge >= 0.3 is 0 Å². The van der Waals surface area contributed by atoms with Gasteiger partial charge < -0.3 is 4.57 Å². The van der Waals surface area contributed by atoms with Crippen LogP contribution in [0.5, 0.6) is 0 Å². The third kappa shape index (κ3) is 2.76. The molecule has 4 heteroatoms. The van der Waals surface area contributed by atoms with E-state index in [1.54, 1.807) is 11.3 Å². The lowest BCUT2D eigenvalue weighted by atomic mass is 10.2. The van der Waals surface area contributed by atoms with Crippen LogP contribution in [0.3, 0.4) is 0 Å². The minimum absolute atomic E-state index is 0.894. The fourth-order valence-corrected chi connectivity index (χ4v) is 2.62. The Hall–Kier alpha value is -1.68. The van der Waals surface area contributed by atoms with Gasteiger partial charge in [-0.3, -0.25) is 0 Å². The Balaban J connectivity index is 2.53. The molecule has 2 rings (SSSR count). The normalized spacial score (nSPS) is 11.6. The molecule has 0 aliphatic rings. The van der Waals surface area contributed by atoms with Crippen LogP contribution in [-0.2, 0) is 6.54 Å². The molecule has 1 heterocycles. The molecule has 94 valence electrons. The van der Waals surface area contributed by atoms with Crippen molar-refractivity contribution in [3.63, 3.8) is 0 Å². The van der Waals surface area contributed by atoms with Crippen molar-refractivity contribution in [1.82, 2.24) is 4.57 Å². The summed E-state index contributed by atoms with van der Waals surface area (Å²) < 4.78 is 2.19. The summed E-state index contributed by atoms with van der Waals surface area (Å²) in [5.74, 6) is 0. The summed E-state index contributed by atoms with van der Waals surface area (Å²) >= 11 is 1.63. The van der Waals surface area contributed by atoms with Gasteiger partial charge in [-0.05, 0) is 26.3 Å². The van der Waals surface area contributed by atoms with Crippen molar-refractivity contribution in [3.05, 3.63) is 40.5 Å². The zero-order valence-electron chi connectivity index (χ0n) is 10.9. The smallest absolute Gasteiger partial charge is 0.211 e. The molecule has 0 aliphatic heterocycles. The molecule has 0 radical (unpaired) electrons. The van der Waals surface area contributed by atoms with E-state index in [0.717, 1.165) is 17.1 Å². The Morgan fingerprint density at radius 1 is 1.22 bits per heavy atom. The van der Waals surface area contributed by atoms with Gasteiger partial charge in [0.1, 0.15) is 0 Å². The van der Waals surface area contributed by atoms with E-state index in [2.05, 4.69) is 51.3 Å². The molecule has 3 nitrogen and oxygen atoms in total. The van der Waals surface area contributed by atoms with Crippen LogP contribution in [0.15, 0.2) is 45.9 Å². The second-order valence-corrected chi connectivity index (χ2v) is 5.00. The molecule has 18 heavy (non-hydrogen) atoms. The van der Waals surface area contributed by atoms with Crippen LogP contribution in [0.4, 0.5) is 0 Å². The van der Waals surface area contributed by atoms with Gasteiger partial charge in [0.15, 0.2) is 0 Å². The molecular weight excluding hydrogens is 242 g/mol. The predicted molar refractivity (Wildman–Crippen MR) is 77.8 cm³/mol. The Bertz CT molecular complexity index is 601. The predicted octanol–water partition coefficient (Wildman–Crippen LogP) is 3.53. The van der Waals surface area contributed by atoms with Gasteiger partial charge in [-0.15, -0.1) is 16.4 Å². The van der Waals surface area contributed by atoms with E-state index in [1.165, 1.54) is 11.3 Å². The van der Waals surface area contributed by atoms with Crippen LogP contribution >= 0.6 is 11.3 Å². The maximum Gasteiger partial charge on any atom is 0.211 e. The molecular formula is C14H17N3S. The molecule has 0 fully saturated rings. The van der Waals surface area contributed by atoms with E-state index in [9.17, 15) is 0 Å². The van der Waals surface area contributed by atoms with Gasteiger partial charge in [-0.2, -0.15) is 5.10 Å². The summed E-state index contributed by atoms with van der Waals surface area (Å²) in [5.41, 5.74) is 3.38. The van der Waals surface area contributed by atoms with E-state index >= 15 is 0 Å². The monoisotopic (exact) mass is 259 g/mol. The van der Waals surface area contributed by atoms with Crippen molar-refractivity contribution >= 4 is 17.0 Å². The fourth-order valence-electron chi connectivity index (χ4n) is 1.70.